The first-order chi connectivity index (χ1) is 14.0. The van der Waals surface area contributed by atoms with Crippen LogP contribution in [0.1, 0.15) is 28.8 Å². The molecule has 7 nitrogen and oxygen atoms in total. The van der Waals surface area contributed by atoms with Gasteiger partial charge in [-0.3, -0.25) is 9.59 Å². The van der Waals surface area contributed by atoms with Gasteiger partial charge in [0.15, 0.2) is 11.5 Å². The van der Waals surface area contributed by atoms with Crippen LogP contribution in [0.3, 0.4) is 0 Å². The van der Waals surface area contributed by atoms with Gasteiger partial charge in [-0.1, -0.05) is 12.1 Å². The monoisotopic (exact) mass is 398 g/mol. The number of carbonyl (C=O) groups is 2. The van der Waals surface area contributed by atoms with E-state index in [1.165, 1.54) is 21.3 Å². The molecule has 7 heteroatoms. The molecule has 1 heterocycles. The molecule has 0 spiro atoms. The Bertz CT molecular complexity index is 848. The van der Waals surface area contributed by atoms with Crippen molar-refractivity contribution in [3.63, 3.8) is 0 Å². The predicted octanol–water partition coefficient (Wildman–Crippen LogP) is 3.13. The maximum Gasteiger partial charge on any atom is 0.255 e. The fraction of sp³-hybridized carbons (Fsp3) is 0.364. The second kappa shape index (κ2) is 9.32. The minimum atomic E-state index is -0.301. The molecule has 0 bridgehead atoms. The summed E-state index contributed by atoms with van der Waals surface area (Å²) >= 11 is 0. The Morgan fingerprint density at radius 3 is 2.03 bits per heavy atom. The van der Waals surface area contributed by atoms with E-state index in [0.717, 1.165) is 31.5 Å². The highest BCUT2D eigenvalue weighted by molar-refractivity contribution is 6.05. The molecular weight excluding hydrogens is 372 g/mol. The van der Waals surface area contributed by atoms with Crippen LogP contribution in [-0.2, 0) is 11.2 Å². The van der Waals surface area contributed by atoms with Crippen LogP contribution >= 0.6 is 0 Å². The van der Waals surface area contributed by atoms with Crippen LogP contribution < -0.4 is 19.5 Å². The van der Waals surface area contributed by atoms with E-state index in [-0.39, 0.29) is 11.8 Å². The topological polar surface area (TPSA) is 77.1 Å². The zero-order valence-corrected chi connectivity index (χ0v) is 17.0. The second-order valence-electron chi connectivity index (χ2n) is 6.83. The molecule has 0 aliphatic carbocycles. The molecule has 2 aromatic rings. The lowest BCUT2D eigenvalue weighted by molar-refractivity contribution is -0.129. The molecule has 1 saturated heterocycles. The Balaban J connectivity index is 1.68. The molecule has 2 aromatic carbocycles. The van der Waals surface area contributed by atoms with Gasteiger partial charge < -0.3 is 24.4 Å². The molecule has 1 fully saturated rings. The van der Waals surface area contributed by atoms with Crippen molar-refractivity contribution in [3.8, 4) is 17.2 Å². The number of hydrogen-bond acceptors (Lipinski definition) is 5. The highest BCUT2D eigenvalue weighted by atomic mass is 16.5. The van der Waals surface area contributed by atoms with Crippen molar-refractivity contribution in [2.45, 2.75) is 19.3 Å². The van der Waals surface area contributed by atoms with Crippen LogP contribution in [0.4, 0.5) is 5.69 Å². The number of ether oxygens (including phenoxy) is 3. The largest absolute Gasteiger partial charge is 0.493 e. The molecule has 0 aromatic heterocycles. The minimum Gasteiger partial charge on any atom is -0.493 e. The molecular formula is C22H26N2O5. The summed E-state index contributed by atoms with van der Waals surface area (Å²) in [5.74, 6) is 1.10. The Morgan fingerprint density at radius 1 is 0.931 bits per heavy atom. The van der Waals surface area contributed by atoms with E-state index >= 15 is 0 Å². The first kappa shape index (κ1) is 20.5. The summed E-state index contributed by atoms with van der Waals surface area (Å²) in [7, 11) is 4.51. The molecule has 29 heavy (non-hydrogen) atoms. The second-order valence-corrected chi connectivity index (χ2v) is 6.83. The Morgan fingerprint density at radius 2 is 1.52 bits per heavy atom. The number of amides is 2. The third kappa shape index (κ3) is 4.80. The van der Waals surface area contributed by atoms with Gasteiger partial charge in [-0.15, -0.1) is 0 Å². The summed E-state index contributed by atoms with van der Waals surface area (Å²) in [4.78, 5) is 26.8. The quantitative estimate of drug-likeness (QED) is 0.775. The van der Waals surface area contributed by atoms with Crippen LogP contribution in [0.5, 0.6) is 17.2 Å². The molecule has 3 rings (SSSR count). The molecule has 2 amide bonds. The van der Waals surface area contributed by atoms with Crippen LogP contribution in [0.25, 0.3) is 0 Å². The van der Waals surface area contributed by atoms with Crippen LogP contribution in [0, 0.1) is 0 Å². The normalized spacial score (nSPS) is 13.1. The number of hydrogen-bond donors (Lipinski definition) is 1. The number of rotatable bonds is 7. The first-order valence-corrected chi connectivity index (χ1v) is 9.53. The molecule has 0 unspecified atom stereocenters. The number of anilines is 1. The number of nitrogens with one attached hydrogen (secondary N) is 1. The molecule has 154 valence electrons. The van der Waals surface area contributed by atoms with E-state index in [9.17, 15) is 9.59 Å². The lowest BCUT2D eigenvalue weighted by Gasteiger charge is -2.15. The highest BCUT2D eigenvalue weighted by Gasteiger charge is 2.19. The SMILES string of the molecule is COc1cc(C(=O)Nc2ccc(CC(=O)N3CCCC3)cc2)cc(OC)c1OC. The fourth-order valence-electron chi connectivity index (χ4n) is 3.37. The van der Waals surface area contributed by atoms with E-state index < -0.39 is 0 Å². The standard InChI is InChI=1S/C22H26N2O5/c1-27-18-13-16(14-19(28-2)21(18)29-3)22(26)23-17-8-6-15(7-9-17)12-20(25)24-10-4-5-11-24/h6-9,13-14H,4-5,10-12H2,1-3H3,(H,23,26). The van der Waals surface area contributed by atoms with Crippen LogP contribution in [0.2, 0.25) is 0 Å². The first-order valence-electron chi connectivity index (χ1n) is 9.53. The predicted molar refractivity (Wildman–Crippen MR) is 110 cm³/mol. The third-order valence-electron chi connectivity index (χ3n) is 4.95. The smallest absolute Gasteiger partial charge is 0.255 e. The van der Waals surface area contributed by atoms with Gasteiger partial charge in [0.05, 0.1) is 27.8 Å². The van der Waals surface area contributed by atoms with Crippen molar-refractivity contribution in [1.82, 2.24) is 4.90 Å². The van der Waals surface area contributed by atoms with Gasteiger partial charge in [0.1, 0.15) is 0 Å². The molecule has 1 aliphatic rings. The van der Waals surface area contributed by atoms with Gasteiger partial charge in [0.2, 0.25) is 11.7 Å². The molecule has 1 N–H and O–H groups in total. The van der Waals surface area contributed by atoms with E-state index in [2.05, 4.69) is 5.32 Å². The summed E-state index contributed by atoms with van der Waals surface area (Å²) in [5.41, 5.74) is 1.95. The van der Waals surface area contributed by atoms with Gasteiger partial charge in [-0.2, -0.15) is 0 Å². The Labute approximate surface area is 170 Å². The number of benzene rings is 2. The van der Waals surface area contributed by atoms with Crippen molar-refractivity contribution in [2.24, 2.45) is 0 Å². The van der Waals surface area contributed by atoms with Crippen molar-refractivity contribution in [1.29, 1.82) is 0 Å². The fourth-order valence-corrected chi connectivity index (χ4v) is 3.37. The van der Waals surface area contributed by atoms with Crippen molar-refractivity contribution >= 4 is 17.5 Å². The summed E-state index contributed by atoms with van der Waals surface area (Å²) in [6, 6.07) is 10.5. The Kier molecular flexibility index (Phi) is 6.59. The van der Waals surface area contributed by atoms with Crippen LogP contribution in [0.15, 0.2) is 36.4 Å². The Hall–Kier alpha value is -3.22. The third-order valence-corrected chi connectivity index (χ3v) is 4.95. The average molecular weight is 398 g/mol. The molecule has 0 atom stereocenters. The van der Waals surface area contributed by atoms with Gasteiger partial charge in [0.25, 0.3) is 5.91 Å². The number of carbonyl (C=O) groups excluding carboxylic acids is 2. The maximum absolute atomic E-state index is 12.7. The van der Waals surface area contributed by atoms with Crippen molar-refractivity contribution in [2.75, 3.05) is 39.7 Å². The molecule has 0 saturated carbocycles. The number of nitrogens with zero attached hydrogens (tertiary/aromatic N) is 1. The van der Waals surface area contributed by atoms with E-state index in [0.29, 0.717) is 34.9 Å². The summed E-state index contributed by atoms with van der Waals surface area (Å²) < 4.78 is 15.9. The minimum absolute atomic E-state index is 0.150. The van der Waals surface area contributed by atoms with Gasteiger partial charge >= 0.3 is 0 Å². The average Bonchev–Trinajstić information content (AvgIpc) is 3.29. The zero-order chi connectivity index (χ0) is 20.8. The molecule has 1 aliphatic heterocycles. The highest BCUT2D eigenvalue weighted by Crippen LogP contribution is 2.38. The van der Waals surface area contributed by atoms with E-state index in [4.69, 9.17) is 14.2 Å². The lowest BCUT2D eigenvalue weighted by atomic mass is 10.1. The van der Waals surface area contributed by atoms with Crippen molar-refractivity contribution in [3.05, 3.63) is 47.5 Å². The van der Waals surface area contributed by atoms with Crippen LogP contribution in [-0.4, -0.2) is 51.1 Å². The summed E-state index contributed by atoms with van der Waals surface area (Å²) in [5, 5.41) is 2.85. The van der Waals surface area contributed by atoms with E-state index in [1.807, 2.05) is 17.0 Å². The summed E-state index contributed by atoms with van der Waals surface area (Å²) in [6.45, 7) is 1.70. The van der Waals surface area contributed by atoms with E-state index in [1.54, 1.807) is 24.3 Å². The lowest BCUT2D eigenvalue weighted by Crippen LogP contribution is -2.29. The van der Waals surface area contributed by atoms with Gasteiger partial charge in [-0.05, 0) is 42.7 Å². The van der Waals surface area contributed by atoms with Gasteiger partial charge in [-0.25, -0.2) is 0 Å². The number of methoxy groups -OCH3 is 3. The zero-order valence-electron chi connectivity index (χ0n) is 17.0. The number of likely N-dealkylation sites (tertiary alicyclic amines) is 1. The van der Waals surface area contributed by atoms with Crippen molar-refractivity contribution < 1.29 is 23.8 Å². The maximum atomic E-state index is 12.7. The summed E-state index contributed by atoms with van der Waals surface area (Å²) in [6.07, 6.45) is 2.54. The molecule has 0 radical (unpaired) electrons. The van der Waals surface area contributed by atoms with Gasteiger partial charge in [0, 0.05) is 24.3 Å².